The summed E-state index contributed by atoms with van der Waals surface area (Å²) in [4.78, 5) is 22.1. The number of aliphatic carboxylic acids is 1. The van der Waals surface area contributed by atoms with Crippen LogP contribution in [0.2, 0.25) is 0 Å². The number of rotatable bonds is 4. The Hall–Kier alpha value is -1.67. The lowest BCUT2D eigenvalue weighted by atomic mass is 10.2. The van der Waals surface area contributed by atoms with Gasteiger partial charge in [-0.25, -0.2) is 0 Å². The molecule has 0 spiro atoms. The van der Waals surface area contributed by atoms with E-state index in [9.17, 15) is 9.59 Å². The largest absolute Gasteiger partial charge is 0.481 e. The monoisotopic (exact) mass is 369 g/mol. The average Bonchev–Trinajstić information content (AvgIpc) is 2.68. The Morgan fingerprint density at radius 1 is 1.52 bits per heavy atom. The molecule has 2 rings (SSSR count). The van der Waals surface area contributed by atoms with Crippen molar-refractivity contribution in [3.05, 3.63) is 33.8 Å². The van der Waals surface area contributed by atoms with Gasteiger partial charge in [0.05, 0.1) is 12.6 Å². The van der Waals surface area contributed by atoms with Crippen molar-refractivity contribution in [3.8, 4) is 0 Å². The first kappa shape index (κ1) is 15.7. The van der Waals surface area contributed by atoms with Crippen LogP contribution in [-0.2, 0) is 9.59 Å². The molecule has 1 saturated heterocycles. The number of nitrogens with one attached hydrogen (secondary N) is 1. The second-order valence-electron chi connectivity index (χ2n) is 4.41. The maximum Gasteiger partial charge on any atom is 0.305 e. The number of carboxylic acid groups (broad SMARTS) is 1. The summed E-state index contributed by atoms with van der Waals surface area (Å²) in [7, 11) is 0. The van der Waals surface area contributed by atoms with Gasteiger partial charge in [0.1, 0.15) is 5.25 Å². The van der Waals surface area contributed by atoms with Crippen LogP contribution in [0.1, 0.15) is 17.5 Å². The molecular formula is C13H12BrN3O3S. The lowest BCUT2D eigenvalue weighted by Gasteiger charge is -1.98. The van der Waals surface area contributed by atoms with Crippen LogP contribution in [0.5, 0.6) is 0 Å². The van der Waals surface area contributed by atoms with Gasteiger partial charge < -0.3 is 10.4 Å². The molecule has 1 aliphatic heterocycles. The fraction of sp³-hybridized carbons (Fsp3) is 0.231. The number of nitrogens with zero attached hydrogens (tertiary/aromatic N) is 2. The molecule has 2 N–H and O–H groups in total. The van der Waals surface area contributed by atoms with E-state index in [1.807, 2.05) is 25.1 Å². The van der Waals surface area contributed by atoms with E-state index >= 15 is 0 Å². The molecule has 1 aromatic rings. The van der Waals surface area contributed by atoms with Crippen molar-refractivity contribution in [2.24, 2.45) is 10.2 Å². The smallest absolute Gasteiger partial charge is 0.305 e. The zero-order valence-corrected chi connectivity index (χ0v) is 13.4. The first-order chi connectivity index (χ1) is 9.94. The van der Waals surface area contributed by atoms with Crippen LogP contribution in [-0.4, -0.2) is 33.6 Å². The zero-order chi connectivity index (χ0) is 15.4. The molecule has 1 fully saturated rings. The molecule has 6 nitrogen and oxygen atoms in total. The van der Waals surface area contributed by atoms with E-state index in [-0.39, 0.29) is 12.3 Å². The van der Waals surface area contributed by atoms with E-state index in [0.717, 1.165) is 27.4 Å². The molecule has 0 aromatic heterocycles. The summed E-state index contributed by atoms with van der Waals surface area (Å²) in [5, 5.41) is 18.7. The molecule has 0 radical (unpaired) electrons. The zero-order valence-electron chi connectivity index (χ0n) is 11.0. The van der Waals surface area contributed by atoms with E-state index in [4.69, 9.17) is 5.11 Å². The van der Waals surface area contributed by atoms with Gasteiger partial charge in [-0.1, -0.05) is 33.8 Å². The topological polar surface area (TPSA) is 91.1 Å². The molecule has 1 atom stereocenters. The van der Waals surface area contributed by atoms with Crippen LogP contribution in [0.4, 0.5) is 0 Å². The lowest BCUT2D eigenvalue weighted by Crippen LogP contribution is -2.26. The van der Waals surface area contributed by atoms with Gasteiger partial charge >= 0.3 is 5.97 Å². The first-order valence-electron chi connectivity index (χ1n) is 6.01. The Bertz CT molecular complexity index is 625. The van der Waals surface area contributed by atoms with Gasteiger partial charge in [-0.15, -0.1) is 5.10 Å². The Morgan fingerprint density at radius 2 is 2.29 bits per heavy atom. The van der Waals surface area contributed by atoms with Gasteiger partial charge in [0.25, 0.3) is 0 Å². The highest BCUT2D eigenvalue weighted by Gasteiger charge is 2.32. The molecule has 0 saturated carbocycles. The number of amides is 1. The number of amidine groups is 1. The van der Waals surface area contributed by atoms with Crippen molar-refractivity contribution in [2.45, 2.75) is 18.6 Å². The highest BCUT2D eigenvalue weighted by molar-refractivity contribution is 9.10. The average molecular weight is 370 g/mol. The summed E-state index contributed by atoms with van der Waals surface area (Å²) >= 11 is 4.47. The number of halogens is 1. The normalized spacial score (nSPS) is 20.2. The molecule has 1 aliphatic rings. The van der Waals surface area contributed by atoms with Crippen LogP contribution < -0.4 is 5.32 Å². The molecule has 110 valence electrons. The third-order valence-corrected chi connectivity index (χ3v) is 4.09. The lowest BCUT2D eigenvalue weighted by molar-refractivity contribution is -0.138. The molecule has 21 heavy (non-hydrogen) atoms. The van der Waals surface area contributed by atoms with Crippen molar-refractivity contribution >= 4 is 51.0 Å². The van der Waals surface area contributed by atoms with Gasteiger partial charge in [0.15, 0.2) is 5.17 Å². The number of hydrogen-bond acceptors (Lipinski definition) is 5. The van der Waals surface area contributed by atoms with Crippen molar-refractivity contribution < 1.29 is 14.7 Å². The second-order valence-corrected chi connectivity index (χ2v) is 6.51. The highest BCUT2D eigenvalue weighted by Crippen LogP contribution is 2.22. The minimum atomic E-state index is -1.02. The number of thioether (sulfide) groups is 1. The van der Waals surface area contributed by atoms with Crippen LogP contribution in [0.15, 0.2) is 32.9 Å². The van der Waals surface area contributed by atoms with Crippen molar-refractivity contribution in [3.63, 3.8) is 0 Å². The molecule has 1 amide bonds. The Kier molecular flexibility index (Phi) is 5.13. The van der Waals surface area contributed by atoms with Crippen LogP contribution in [0.25, 0.3) is 0 Å². The minimum absolute atomic E-state index is 0.232. The summed E-state index contributed by atoms with van der Waals surface area (Å²) in [5.41, 5.74) is 1.96. The predicted molar refractivity (Wildman–Crippen MR) is 85.7 cm³/mol. The maximum atomic E-state index is 11.5. The van der Waals surface area contributed by atoms with Gasteiger partial charge in [0.2, 0.25) is 5.91 Å². The Morgan fingerprint density at radius 3 is 2.95 bits per heavy atom. The number of carbonyl (C=O) groups excluding carboxylic acids is 1. The fourth-order valence-electron chi connectivity index (χ4n) is 1.73. The summed E-state index contributed by atoms with van der Waals surface area (Å²) in [6.45, 7) is 1.97. The second kappa shape index (κ2) is 6.86. The fourth-order valence-corrected chi connectivity index (χ4v) is 3.27. The number of carbonyl (C=O) groups is 2. The molecule has 1 aromatic carbocycles. The Balaban J connectivity index is 2.03. The summed E-state index contributed by atoms with van der Waals surface area (Å²) in [5.74, 6) is -1.37. The molecule has 0 bridgehead atoms. The van der Waals surface area contributed by atoms with E-state index < -0.39 is 11.2 Å². The van der Waals surface area contributed by atoms with E-state index in [1.165, 1.54) is 0 Å². The van der Waals surface area contributed by atoms with E-state index in [1.54, 1.807) is 6.21 Å². The molecular weight excluding hydrogens is 358 g/mol. The third kappa shape index (κ3) is 4.68. The van der Waals surface area contributed by atoms with Gasteiger partial charge in [-0.2, -0.15) is 5.10 Å². The number of aryl methyl sites for hydroxylation is 1. The highest BCUT2D eigenvalue weighted by atomic mass is 79.9. The number of benzene rings is 1. The van der Waals surface area contributed by atoms with Gasteiger partial charge in [0, 0.05) is 4.47 Å². The number of hydrogen-bond donors (Lipinski definition) is 2. The van der Waals surface area contributed by atoms with E-state index in [2.05, 4.69) is 31.4 Å². The summed E-state index contributed by atoms with van der Waals surface area (Å²) in [6, 6.07) is 5.82. The summed E-state index contributed by atoms with van der Waals surface area (Å²) < 4.78 is 0.946. The van der Waals surface area contributed by atoms with Crippen molar-refractivity contribution in [2.75, 3.05) is 0 Å². The maximum absolute atomic E-state index is 11.5. The minimum Gasteiger partial charge on any atom is -0.481 e. The number of carboxylic acids is 1. The standard InChI is InChI=1S/C13H12BrN3O3S/c1-7-2-8(4-9(14)3-7)6-15-17-13-16-12(20)10(21-13)5-11(18)19/h2-4,6,10H,5H2,1H3,(H,18,19)(H,16,17,20). The van der Waals surface area contributed by atoms with Crippen molar-refractivity contribution in [1.29, 1.82) is 0 Å². The van der Waals surface area contributed by atoms with Crippen LogP contribution in [0, 0.1) is 6.92 Å². The quantitative estimate of drug-likeness (QED) is 0.628. The SMILES string of the molecule is Cc1cc(Br)cc(C=NN=C2NC(=O)C(CC(=O)O)S2)c1. The van der Waals surface area contributed by atoms with Crippen LogP contribution in [0.3, 0.4) is 0 Å². The van der Waals surface area contributed by atoms with Gasteiger partial charge in [-0.05, 0) is 30.2 Å². The summed E-state index contributed by atoms with van der Waals surface area (Å²) in [6.07, 6.45) is 1.34. The van der Waals surface area contributed by atoms with Crippen LogP contribution >= 0.6 is 27.7 Å². The van der Waals surface area contributed by atoms with Gasteiger partial charge in [-0.3, -0.25) is 9.59 Å². The molecule has 1 unspecified atom stereocenters. The molecule has 0 aliphatic carbocycles. The Labute approximate surface area is 133 Å². The first-order valence-corrected chi connectivity index (χ1v) is 7.69. The molecule has 8 heteroatoms. The predicted octanol–water partition coefficient (Wildman–Crippen LogP) is 2.15. The molecule has 1 heterocycles. The third-order valence-electron chi connectivity index (χ3n) is 2.56. The van der Waals surface area contributed by atoms with E-state index in [0.29, 0.717) is 5.17 Å². The van der Waals surface area contributed by atoms with Crippen molar-refractivity contribution in [1.82, 2.24) is 5.32 Å².